The summed E-state index contributed by atoms with van der Waals surface area (Å²) in [4.78, 5) is 10.0. The van der Waals surface area contributed by atoms with Crippen molar-refractivity contribution in [2.75, 3.05) is 0 Å². The zero-order valence-corrected chi connectivity index (χ0v) is 34.6. The average molecular weight is 808 g/mol. The van der Waals surface area contributed by atoms with Crippen molar-refractivity contribution in [1.29, 1.82) is 0 Å². The van der Waals surface area contributed by atoms with E-state index in [9.17, 15) is 0 Å². The molecule has 290 valence electrons. The minimum atomic E-state index is -3.04. The van der Waals surface area contributed by atoms with E-state index in [2.05, 4.69) is 220 Å². The lowest BCUT2D eigenvalue weighted by molar-refractivity contribution is 1.08. The highest BCUT2D eigenvalue weighted by Crippen LogP contribution is 2.39. The number of para-hydroxylation sites is 3. The molecule has 0 aliphatic carbocycles. The van der Waals surface area contributed by atoms with Gasteiger partial charge >= 0.3 is 0 Å². The van der Waals surface area contributed by atoms with E-state index in [0.717, 1.165) is 44.6 Å². The van der Waals surface area contributed by atoms with Crippen LogP contribution in [0.5, 0.6) is 0 Å². The van der Waals surface area contributed by atoms with Gasteiger partial charge < -0.3 is 4.57 Å². The Kier molecular flexibility index (Phi) is 7.56. The van der Waals surface area contributed by atoms with Crippen molar-refractivity contribution < 1.29 is 0 Å². The van der Waals surface area contributed by atoms with Crippen molar-refractivity contribution in [2.45, 2.75) is 0 Å². The Labute approximate surface area is 358 Å². The van der Waals surface area contributed by atoms with Gasteiger partial charge in [0.15, 0.2) is 8.07 Å². The number of benzene rings is 8. The predicted molar refractivity (Wildman–Crippen MR) is 260 cm³/mol. The largest absolute Gasteiger partial charge is 0.309 e. The van der Waals surface area contributed by atoms with Crippen LogP contribution in [0, 0.1) is 0 Å². The summed E-state index contributed by atoms with van der Waals surface area (Å²) in [6.07, 6.45) is 5.91. The van der Waals surface area contributed by atoms with Gasteiger partial charge in [0, 0.05) is 56.6 Å². The summed E-state index contributed by atoms with van der Waals surface area (Å²) in [7, 11) is -3.04. The summed E-state index contributed by atoms with van der Waals surface area (Å²) < 4.78 is 7.02. The van der Waals surface area contributed by atoms with E-state index in [1.54, 1.807) is 0 Å². The SMILES string of the molecule is c1ccc(-n2c3ccccc3c3cc4c5ccc([Si](c6ccccc6)(c6ccccc6)c6ccc7c8ccccc8n8ccnc8c7c6)cc5n(-c5ccccn5)c4cc32)cc1. The van der Waals surface area contributed by atoms with Crippen LogP contribution in [0.25, 0.3) is 82.4 Å². The van der Waals surface area contributed by atoms with E-state index in [1.807, 2.05) is 18.5 Å². The lowest BCUT2D eigenvalue weighted by atomic mass is 10.1. The number of hydrogen-bond acceptors (Lipinski definition) is 2. The molecule has 13 aromatic rings. The molecule has 0 spiro atoms. The average Bonchev–Trinajstić information content (AvgIpc) is 4.06. The maximum Gasteiger partial charge on any atom is 0.179 e. The van der Waals surface area contributed by atoms with Crippen molar-refractivity contribution in [1.82, 2.24) is 23.5 Å². The Balaban J connectivity index is 1.16. The molecule has 0 atom stereocenters. The fourth-order valence-corrected chi connectivity index (χ4v) is 15.2. The Morgan fingerprint density at radius 2 is 0.887 bits per heavy atom. The van der Waals surface area contributed by atoms with Crippen LogP contribution in [0.15, 0.2) is 225 Å². The van der Waals surface area contributed by atoms with Gasteiger partial charge in [-0.1, -0.05) is 152 Å². The normalized spacial score (nSPS) is 12.2. The smallest absolute Gasteiger partial charge is 0.179 e. The first-order valence-electron chi connectivity index (χ1n) is 21.2. The molecule has 8 aromatic carbocycles. The van der Waals surface area contributed by atoms with Crippen molar-refractivity contribution in [2.24, 2.45) is 0 Å². The van der Waals surface area contributed by atoms with Crippen LogP contribution in [0.1, 0.15) is 0 Å². The van der Waals surface area contributed by atoms with Gasteiger partial charge in [-0.3, -0.25) is 8.97 Å². The fourth-order valence-electron chi connectivity index (χ4n) is 10.5. The van der Waals surface area contributed by atoms with Crippen LogP contribution in [0.2, 0.25) is 0 Å². The number of imidazole rings is 1. The summed E-state index contributed by atoms with van der Waals surface area (Å²) in [6.45, 7) is 0. The molecule has 13 rings (SSSR count). The molecule has 0 aliphatic heterocycles. The van der Waals surface area contributed by atoms with Crippen LogP contribution in [-0.2, 0) is 0 Å². The Bertz CT molecular complexity index is 3810. The molecule has 0 N–H and O–H groups in total. The zero-order valence-electron chi connectivity index (χ0n) is 33.6. The number of hydrogen-bond donors (Lipinski definition) is 0. The maximum absolute atomic E-state index is 5.03. The van der Waals surface area contributed by atoms with Gasteiger partial charge in [-0.25, -0.2) is 9.97 Å². The zero-order chi connectivity index (χ0) is 40.8. The third kappa shape index (κ3) is 4.89. The summed E-state index contributed by atoms with van der Waals surface area (Å²) in [5.41, 5.74) is 7.86. The second-order valence-corrected chi connectivity index (χ2v) is 20.0. The second-order valence-electron chi connectivity index (χ2n) is 16.2. The molecular weight excluding hydrogens is 771 g/mol. The van der Waals surface area contributed by atoms with Crippen LogP contribution in [0.4, 0.5) is 0 Å². The van der Waals surface area contributed by atoms with Crippen LogP contribution < -0.4 is 20.7 Å². The quantitative estimate of drug-likeness (QED) is 0.0954. The minimum Gasteiger partial charge on any atom is -0.309 e. The van der Waals surface area contributed by atoms with Gasteiger partial charge in [0.2, 0.25) is 0 Å². The summed E-state index contributed by atoms with van der Waals surface area (Å²) >= 11 is 0. The van der Waals surface area contributed by atoms with Gasteiger partial charge in [-0.05, 0) is 80.7 Å². The van der Waals surface area contributed by atoms with Gasteiger partial charge in [0.25, 0.3) is 0 Å². The molecule has 0 saturated carbocycles. The molecule has 5 heterocycles. The van der Waals surface area contributed by atoms with Crippen LogP contribution >= 0.6 is 0 Å². The lowest BCUT2D eigenvalue weighted by Crippen LogP contribution is -2.74. The third-order valence-electron chi connectivity index (χ3n) is 13.1. The molecule has 0 radical (unpaired) electrons. The second kappa shape index (κ2) is 13.5. The number of nitrogens with zero attached hydrogens (tertiary/aromatic N) is 5. The van der Waals surface area contributed by atoms with Gasteiger partial charge in [0.1, 0.15) is 11.5 Å². The molecule has 62 heavy (non-hydrogen) atoms. The highest BCUT2D eigenvalue weighted by molar-refractivity contribution is 7.20. The molecule has 0 aliphatic rings. The van der Waals surface area contributed by atoms with E-state index in [4.69, 9.17) is 9.97 Å². The first kappa shape index (κ1) is 34.8. The third-order valence-corrected chi connectivity index (χ3v) is 17.8. The summed E-state index contributed by atoms with van der Waals surface area (Å²) in [5.74, 6) is 0.886. The first-order chi connectivity index (χ1) is 30.8. The highest BCUT2D eigenvalue weighted by Gasteiger charge is 2.42. The van der Waals surface area contributed by atoms with E-state index in [0.29, 0.717) is 0 Å². The number of aromatic nitrogens is 5. The molecule has 0 unspecified atom stereocenters. The maximum atomic E-state index is 5.03. The van der Waals surface area contributed by atoms with E-state index >= 15 is 0 Å². The van der Waals surface area contributed by atoms with Gasteiger partial charge in [0.05, 0.1) is 27.6 Å². The van der Waals surface area contributed by atoms with Crippen molar-refractivity contribution in [3.63, 3.8) is 0 Å². The fraction of sp³-hybridized carbons (Fsp3) is 0. The highest BCUT2D eigenvalue weighted by atomic mass is 28.3. The Morgan fingerprint density at radius 3 is 1.60 bits per heavy atom. The van der Waals surface area contributed by atoms with E-state index in [1.165, 1.54) is 58.6 Å². The van der Waals surface area contributed by atoms with Crippen molar-refractivity contribution in [3.05, 3.63) is 225 Å². The molecule has 0 amide bonds. The lowest BCUT2D eigenvalue weighted by Gasteiger charge is -2.35. The molecule has 5 nitrogen and oxygen atoms in total. The molecular formula is C56H37N5Si. The molecule has 0 saturated heterocycles. The summed E-state index contributed by atoms with van der Waals surface area (Å²) in [5, 5.41) is 13.7. The van der Waals surface area contributed by atoms with Crippen LogP contribution in [0.3, 0.4) is 0 Å². The number of rotatable bonds is 6. The molecule has 0 bridgehead atoms. The van der Waals surface area contributed by atoms with Crippen LogP contribution in [-0.4, -0.2) is 31.6 Å². The molecule has 0 fully saturated rings. The standard InChI is InChI=1S/C56H37N5Si/c1-4-16-38(17-5-1)60-51-25-13-11-23-45(51)47-36-48-46-30-28-42(35-52(46)61(54(48)37-53(47)60)55-26-14-15-31-57-55)62(39-18-6-2-7-19-39,40-20-8-3-9-21-40)41-27-29-43-44-22-10-12-24-50(44)59-33-32-58-56(59)49(43)34-41/h1-37H. The first-order valence-corrected chi connectivity index (χ1v) is 23.2. The van der Waals surface area contributed by atoms with Gasteiger partial charge in [-0.15, -0.1) is 0 Å². The molecule has 6 heteroatoms. The number of fused-ring (bicyclic) bond motifs is 12. The van der Waals surface area contributed by atoms with Crippen molar-refractivity contribution in [3.8, 4) is 11.5 Å². The monoisotopic (exact) mass is 807 g/mol. The van der Waals surface area contributed by atoms with Gasteiger partial charge in [-0.2, -0.15) is 0 Å². The topological polar surface area (TPSA) is 40.0 Å². The predicted octanol–water partition coefficient (Wildman–Crippen LogP) is 10.6. The van der Waals surface area contributed by atoms with E-state index < -0.39 is 8.07 Å². The Hall–Kier alpha value is -8.06. The van der Waals surface area contributed by atoms with Crippen molar-refractivity contribution >= 4 is 99.8 Å². The number of pyridine rings is 2. The minimum absolute atomic E-state index is 0.886. The summed E-state index contributed by atoms with van der Waals surface area (Å²) in [6, 6.07) is 76.0. The Morgan fingerprint density at radius 1 is 0.323 bits per heavy atom. The molecule has 5 aromatic heterocycles. The van der Waals surface area contributed by atoms with E-state index in [-0.39, 0.29) is 0 Å².